The van der Waals surface area contributed by atoms with E-state index in [0.717, 1.165) is 12.8 Å². The fraction of sp³-hybridized carbons (Fsp3) is 0.462. The topological polar surface area (TPSA) is 93.1 Å². The molecule has 1 unspecified atom stereocenters. The number of carboxylic acids is 1. The number of carboxylic acid groups (broad SMARTS) is 1. The summed E-state index contributed by atoms with van der Waals surface area (Å²) in [6, 6.07) is 11.7. The third-order valence-electron chi connectivity index (χ3n) is 5.21. The van der Waals surface area contributed by atoms with Crippen molar-refractivity contribution in [2.75, 3.05) is 13.2 Å². The number of unbranched alkanes of at least 4 members (excludes halogenated alkanes) is 5. The molecule has 6 heteroatoms. The Balaban J connectivity index is 2.11. The summed E-state index contributed by atoms with van der Waals surface area (Å²) in [6.07, 6.45) is 5.65. The third-order valence-corrected chi connectivity index (χ3v) is 5.21. The fourth-order valence-corrected chi connectivity index (χ4v) is 3.52. The Morgan fingerprint density at radius 3 is 2.38 bits per heavy atom. The summed E-state index contributed by atoms with van der Waals surface area (Å²) in [5.74, 6) is -0.894. The number of rotatable bonds is 14. The second kappa shape index (κ2) is 13.5. The highest BCUT2D eigenvalue weighted by atomic mass is 16.5. The van der Waals surface area contributed by atoms with Crippen LogP contribution in [0.4, 0.5) is 0 Å². The average molecular weight is 443 g/mol. The van der Waals surface area contributed by atoms with Gasteiger partial charge in [-0.15, -0.1) is 0 Å². The smallest absolute Gasteiger partial charge is 0.338 e. The minimum Gasteiger partial charge on any atom is -0.493 e. The number of hydrogen-bond acceptors (Lipinski definition) is 5. The SMILES string of the molecule is CCCCCCCCOc1ccc(C(O)c2cccc(C(=O)OCC)c2)cc1CC(=O)O. The van der Waals surface area contributed by atoms with Gasteiger partial charge >= 0.3 is 11.9 Å². The molecule has 0 aliphatic rings. The van der Waals surface area contributed by atoms with Gasteiger partial charge in [0.15, 0.2) is 0 Å². The Morgan fingerprint density at radius 1 is 0.938 bits per heavy atom. The zero-order valence-electron chi connectivity index (χ0n) is 19.0. The highest BCUT2D eigenvalue weighted by Gasteiger charge is 2.17. The fourth-order valence-electron chi connectivity index (χ4n) is 3.52. The Bertz CT molecular complexity index is 876. The molecule has 6 nitrogen and oxygen atoms in total. The molecule has 32 heavy (non-hydrogen) atoms. The van der Waals surface area contributed by atoms with Gasteiger partial charge in [-0.2, -0.15) is 0 Å². The van der Waals surface area contributed by atoms with E-state index in [1.165, 1.54) is 25.7 Å². The lowest BCUT2D eigenvalue weighted by molar-refractivity contribution is -0.136. The van der Waals surface area contributed by atoms with Crippen LogP contribution in [-0.4, -0.2) is 35.4 Å². The van der Waals surface area contributed by atoms with Crippen molar-refractivity contribution < 1.29 is 29.3 Å². The van der Waals surface area contributed by atoms with Crippen LogP contribution in [0.1, 0.15) is 85.5 Å². The lowest BCUT2D eigenvalue weighted by Crippen LogP contribution is -2.09. The van der Waals surface area contributed by atoms with E-state index in [0.29, 0.717) is 34.6 Å². The van der Waals surface area contributed by atoms with E-state index < -0.39 is 18.0 Å². The highest BCUT2D eigenvalue weighted by molar-refractivity contribution is 5.89. The van der Waals surface area contributed by atoms with Gasteiger partial charge in [-0.3, -0.25) is 4.79 Å². The van der Waals surface area contributed by atoms with Gasteiger partial charge in [0.1, 0.15) is 11.9 Å². The van der Waals surface area contributed by atoms with Gasteiger partial charge in [-0.1, -0.05) is 57.2 Å². The van der Waals surface area contributed by atoms with Crippen molar-refractivity contribution in [3.8, 4) is 5.75 Å². The van der Waals surface area contributed by atoms with Gasteiger partial charge in [-0.25, -0.2) is 4.79 Å². The van der Waals surface area contributed by atoms with E-state index in [1.807, 2.05) is 0 Å². The molecule has 1 atom stereocenters. The van der Waals surface area contributed by atoms with Crippen molar-refractivity contribution in [3.05, 3.63) is 64.7 Å². The predicted octanol–water partition coefficient (Wildman–Crippen LogP) is 5.31. The maximum Gasteiger partial charge on any atom is 0.338 e. The zero-order chi connectivity index (χ0) is 23.3. The van der Waals surface area contributed by atoms with E-state index in [2.05, 4.69) is 6.92 Å². The van der Waals surface area contributed by atoms with E-state index in [-0.39, 0.29) is 13.0 Å². The molecule has 0 aromatic heterocycles. The van der Waals surface area contributed by atoms with E-state index >= 15 is 0 Å². The van der Waals surface area contributed by atoms with Crippen molar-refractivity contribution in [3.63, 3.8) is 0 Å². The number of carbonyl (C=O) groups is 2. The van der Waals surface area contributed by atoms with Crippen LogP contribution in [-0.2, 0) is 16.0 Å². The molecule has 174 valence electrons. The molecule has 0 radical (unpaired) electrons. The number of benzene rings is 2. The van der Waals surface area contributed by atoms with Gasteiger partial charge in [0.05, 0.1) is 25.2 Å². The summed E-state index contributed by atoms with van der Waals surface area (Å²) in [4.78, 5) is 23.3. The van der Waals surface area contributed by atoms with Gasteiger partial charge in [0.25, 0.3) is 0 Å². The summed E-state index contributed by atoms with van der Waals surface area (Å²) in [7, 11) is 0. The molecule has 2 rings (SSSR count). The number of aliphatic hydroxyl groups is 1. The molecule has 2 N–H and O–H groups in total. The molecule has 0 aliphatic carbocycles. The quantitative estimate of drug-likeness (QED) is 0.304. The van der Waals surface area contributed by atoms with Crippen molar-refractivity contribution in [2.24, 2.45) is 0 Å². The second-order valence-corrected chi connectivity index (χ2v) is 7.80. The standard InChI is InChI=1S/C26H34O6/c1-3-5-6-7-8-9-15-32-23-14-13-20(17-22(23)18-24(27)28)25(29)19-11-10-12-21(16-19)26(30)31-4-2/h10-14,16-17,25,29H,3-9,15,18H2,1-2H3,(H,27,28). The van der Waals surface area contributed by atoms with Crippen LogP contribution < -0.4 is 4.74 Å². The van der Waals surface area contributed by atoms with E-state index in [1.54, 1.807) is 49.4 Å². The van der Waals surface area contributed by atoms with Crippen molar-refractivity contribution in [1.82, 2.24) is 0 Å². The van der Waals surface area contributed by atoms with Crippen LogP contribution in [0, 0.1) is 0 Å². The first-order valence-electron chi connectivity index (χ1n) is 11.4. The first-order chi connectivity index (χ1) is 15.5. The number of ether oxygens (including phenoxy) is 2. The van der Waals surface area contributed by atoms with Gasteiger partial charge in [0.2, 0.25) is 0 Å². The molecular weight excluding hydrogens is 408 g/mol. The summed E-state index contributed by atoms with van der Waals surface area (Å²) < 4.78 is 10.9. The summed E-state index contributed by atoms with van der Waals surface area (Å²) in [5, 5.41) is 20.2. The van der Waals surface area contributed by atoms with Crippen molar-refractivity contribution in [2.45, 2.75) is 64.9 Å². The first kappa shape index (κ1) is 25.4. The summed E-state index contributed by atoms with van der Waals surface area (Å²) >= 11 is 0. The number of esters is 1. The molecule has 0 fully saturated rings. The van der Waals surface area contributed by atoms with Crippen molar-refractivity contribution >= 4 is 11.9 Å². The lowest BCUT2D eigenvalue weighted by atomic mass is 9.97. The molecule has 0 saturated carbocycles. The summed E-state index contributed by atoms with van der Waals surface area (Å²) in [5.41, 5.74) is 1.93. The normalized spacial score (nSPS) is 11.7. The molecule has 0 spiro atoms. The number of hydrogen-bond donors (Lipinski definition) is 2. The molecule has 0 amide bonds. The number of carbonyl (C=O) groups excluding carboxylic acids is 1. The van der Waals surface area contributed by atoms with E-state index in [9.17, 15) is 19.8 Å². The Labute approximate surface area is 190 Å². The van der Waals surface area contributed by atoms with Crippen LogP contribution >= 0.6 is 0 Å². The Morgan fingerprint density at radius 2 is 1.66 bits per heavy atom. The maximum absolute atomic E-state index is 12.0. The number of aliphatic carboxylic acids is 1. The first-order valence-corrected chi connectivity index (χ1v) is 11.4. The third kappa shape index (κ3) is 8.00. The molecule has 0 bridgehead atoms. The Hall–Kier alpha value is -2.86. The van der Waals surface area contributed by atoms with Crippen LogP contribution in [0.15, 0.2) is 42.5 Å². The predicted molar refractivity (Wildman–Crippen MR) is 123 cm³/mol. The van der Waals surface area contributed by atoms with Gasteiger partial charge in [-0.05, 0) is 48.7 Å². The van der Waals surface area contributed by atoms with Crippen LogP contribution in [0.3, 0.4) is 0 Å². The highest BCUT2D eigenvalue weighted by Crippen LogP contribution is 2.28. The zero-order valence-corrected chi connectivity index (χ0v) is 19.0. The largest absolute Gasteiger partial charge is 0.493 e. The number of aliphatic hydroxyl groups excluding tert-OH is 1. The molecule has 0 heterocycles. The van der Waals surface area contributed by atoms with Crippen LogP contribution in [0.2, 0.25) is 0 Å². The van der Waals surface area contributed by atoms with Crippen molar-refractivity contribution in [1.29, 1.82) is 0 Å². The second-order valence-electron chi connectivity index (χ2n) is 7.80. The molecule has 2 aromatic rings. The molecule has 0 saturated heterocycles. The molecule has 0 aliphatic heterocycles. The van der Waals surface area contributed by atoms with E-state index in [4.69, 9.17) is 9.47 Å². The van der Waals surface area contributed by atoms with Crippen LogP contribution in [0.5, 0.6) is 5.75 Å². The molecular formula is C26H34O6. The average Bonchev–Trinajstić information content (AvgIpc) is 2.78. The monoisotopic (exact) mass is 442 g/mol. The maximum atomic E-state index is 12.0. The molecule has 2 aromatic carbocycles. The Kier molecular flexibility index (Phi) is 10.7. The minimum atomic E-state index is -1.01. The lowest BCUT2D eigenvalue weighted by Gasteiger charge is -2.16. The summed E-state index contributed by atoms with van der Waals surface area (Å²) in [6.45, 7) is 4.72. The van der Waals surface area contributed by atoms with Gasteiger partial charge < -0.3 is 19.7 Å². The minimum absolute atomic E-state index is 0.199. The van der Waals surface area contributed by atoms with Gasteiger partial charge in [0, 0.05) is 5.56 Å². The van der Waals surface area contributed by atoms with Crippen LogP contribution in [0.25, 0.3) is 0 Å².